The maximum absolute atomic E-state index is 11.7. The zero-order valence-corrected chi connectivity index (χ0v) is 12.0. The first-order valence-corrected chi connectivity index (χ1v) is 6.85. The fraction of sp³-hybridized carbons (Fsp3) is 0.235. The first-order chi connectivity index (χ1) is 10.3. The average Bonchev–Trinajstić information content (AvgIpc) is 2.54. The minimum absolute atomic E-state index is 0.0262. The molecule has 0 spiro atoms. The highest BCUT2D eigenvalue weighted by atomic mass is 16.5. The van der Waals surface area contributed by atoms with Gasteiger partial charge in [-0.2, -0.15) is 0 Å². The molecule has 0 bridgehead atoms. The van der Waals surface area contributed by atoms with Crippen LogP contribution in [-0.2, 0) is 11.3 Å². The Morgan fingerprint density at radius 1 is 1.00 bits per heavy atom. The highest BCUT2D eigenvalue weighted by molar-refractivity contribution is 5.76. The molecule has 1 N–H and O–H groups in total. The fourth-order valence-corrected chi connectivity index (χ4v) is 1.81. The van der Waals surface area contributed by atoms with Crippen molar-refractivity contribution in [1.82, 2.24) is 5.32 Å². The summed E-state index contributed by atoms with van der Waals surface area (Å²) in [5.41, 5.74) is 1.04. The fourth-order valence-electron chi connectivity index (χ4n) is 1.81. The quantitative estimate of drug-likeness (QED) is 0.851. The third-order valence-electron chi connectivity index (χ3n) is 2.99. The van der Waals surface area contributed by atoms with Crippen molar-refractivity contribution in [2.75, 3.05) is 13.7 Å². The molecule has 4 heteroatoms. The summed E-state index contributed by atoms with van der Waals surface area (Å²) in [5, 5.41) is 2.86. The lowest BCUT2D eigenvalue weighted by Gasteiger charge is -2.08. The number of hydrogen-bond acceptors (Lipinski definition) is 3. The van der Waals surface area contributed by atoms with Gasteiger partial charge in [0.1, 0.15) is 11.5 Å². The van der Waals surface area contributed by atoms with Crippen molar-refractivity contribution in [1.29, 1.82) is 0 Å². The van der Waals surface area contributed by atoms with E-state index in [0.29, 0.717) is 19.6 Å². The molecule has 0 aromatic heterocycles. The molecule has 4 nitrogen and oxygen atoms in total. The number of hydrogen-bond donors (Lipinski definition) is 1. The Bertz CT molecular complexity index is 552. The summed E-state index contributed by atoms with van der Waals surface area (Å²) < 4.78 is 10.6. The molecule has 0 fully saturated rings. The molecule has 0 atom stereocenters. The molecular formula is C17H19NO3. The van der Waals surface area contributed by atoms with Crippen LogP contribution in [0.1, 0.15) is 12.0 Å². The molecule has 2 aromatic rings. The smallest absolute Gasteiger partial charge is 0.223 e. The Kier molecular flexibility index (Phi) is 5.64. The van der Waals surface area contributed by atoms with Crippen molar-refractivity contribution in [3.8, 4) is 11.5 Å². The van der Waals surface area contributed by atoms with Crippen molar-refractivity contribution >= 4 is 5.91 Å². The van der Waals surface area contributed by atoms with E-state index in [1.54, 1.807) is 7.11 Å². The number of carbonyl (C=O) groups excluding carboxylic acids is 1. The van der Waals surface area contributed by atoms with Gasteiger partial charge in [-0.15, -0.1) is 0 Å². The predicted octanol–water partition coefficient (Wildman–Crippen LogP) is 2.78. The normalized spacial score (nSPS) is 9.95. The minimum Gasteiger partial charge on any atom is -0.497 e. The maximum atomic E-state index is 11.7. The summed E-state index contributed by atoms with van der Waals surface area (Å²) in [7, 11) is 1.63. The van der Waals surface area contributed by atoms with Crippen molar-refractivity contribution in [3.63, 3.8) is 0 Å². The largest absolute Gasteiger partial charge is 0.497 e. The second kappa shape index (κ2) is 7.94. The number of rotatable bonds is 7. The van der Waals surface area contributed by atoms with Crippen LogP contribution in [0.2, 0.25) is 0 Å². The number of nitrogens with one attached hydrogen (secondary N) is 1. The highest BCUT2D eigenvalue weighted by Crippen LogP contribution is 2.11. The molecule has 0 aliphatic carbocycles. The SMILES string of the molecule is COc1ccc(CNC(=O)CCOc2ccccc2)cc1. The van der Waals surface area contributed by atoms with E-state index < -0.39 is 0 Å². The monoisotopic (exact) mass is 285 g/mol. The Hall–Kier alpha value is -2.49. The van der Waals surface area contributed by atoms with Gasteiger partial charge in [0.15, 0.2) is 0 Å². The molecule has 0 aliphatic rings. The van der Waals surface area contributed by atoms with Crippen LogP contribution in [0.15, 0.2) is 54.6 Å². The van der Waals surface area contributed by atoms with Crippen LogP contribution in [0.4, 0.5) is 0 Å². The van der Waals surface area contributed by atoms with Crippen molar-refractivity contribution in [2.24, 2.45) is 0 Å². The van der Waals surface area contributed by atoms with Crippen LogP contribution in [0.3, 0.4) is 0 Å². The molecule has 2 rings (SSSR count). The number of benzene rings is 2. The van der Waals surface area contributed by atoms with Gasteiger partial charge in [-0.05, 0) is 29.8 Å². The molecular weight excluding hydrogens is 266 g/mol. The average molecular weight is 285 g/mol. The summed E-state index contributed by atoms with van der Waals surface area (Å²) in [4.78, 5) is 11.7. The van der Waals surface area contributed by atoms with Crippen LogP contribution >= 0.6 is 0 Å². The Labute approximate surface area is 124 Å². The summed E-state index contributed by atoms with van der Waals surface area (Å²) in [5.74, 6) is 1.56. The van der Waals surface area contributed by atoms with E-state index in [2.05, 4.69) is 5.32 Å². The van der Waals surface area contributed by atoms with E-state index in [1.165, 1.54) is 0 Å². The highest BCUT2D eigenvalue weighted by Gasteiger charge is 2.02. The van der Waals surface area contributed by atoms with Crippen LogP contribution in [0.25, 0.3) is 0 Å². The molecule has 1 amide bonds. The maximum Gasteiger partial charge on any atom is 0.223 e. The van der Waals surface area contributed by atoms with E-state index in [4.69, 9.17) is 9.47 Å². The predicted molar refractivity (Wildman–Crippen MR) is 81.4 cm³/mol. The lowest BCUT2D eigenvalue weighted by molar-refractivity contribution is -0.121. The summed E-state index contributed by atoms with van der Waals surface area (Å²) in [6, 6.07) is 17.1. The van der Waals surface area contributed by atoms with Crippen LogP contribution in [-0.4, -0.2) is 19.6 Å². The van der Waals surface area contributed by atoms with Gasteiger partial charge < -0.3 is 14.8 Å². The van der Waals surface area contributed by atoms with Crippen LogP contribution in [0, 0.1) is 0 Å². The van der Waals surface area contributed by atoms with Crippen molar-refractivity contribution in [2.45, 2.75) is 13.0 Å². The van der Waals surface area contributed by atoms with Crippen molar-refractivity contribution in [3.05, 3.63) is 60.2 Å². The number of amides is 1. The van der Waals surface area contributed by atoms with Gasteiger partial charge in [0.25, 0.3) is 0 Å². The summed E-state index contributed by atoms with van der Waals surface area (Å²) >= 11 is 0. The molecule has 0 aliphatic heterocycles. The Balaban J connectivity index is 1.67. The number of methoxy groups -OCH3 is 1. The van der Waals surface area contributed by atoms with E-state index in [1.807, 2.05) is 54.6 Å². The summed E-state index contributed by atoms with van der Waals surface area (Å²) in [6.45, 7) is 0.882. The Morgan fingerprint density at radius 3 is 2.38 bits per heavy atom. The topological polar surface area (TPSA) is 47.6 Å². The molecule has 0 saturated heterocycles. The third-order valence-corrected chi connectivity index (χ3v) is 2.99. The zero-order valence-electron chi connectivity index (χ0n) is 12.0. The number of carbonyl (C=O) groups is 1. The lowest BCUT2D eigenvalue weighted by Crippen LogP contribution is -2.24. The summed E-state index contributed by atoms with van der Waals surface area (Å²) in [6.07, 6.45) is 0.338. The second-order valence-electron chi connectivity index (χ2n) is 4.54. The van der Waals surface area contributed by atoms with E-state index in [0.717, 1.165) is 17.1 Å². The van der Waals surface area contributed by atoms with Gasteiger partial charge in [-0.1, -0.05) is 30.3 Å². The van der Waals surface area contributed by atoms with Gasteiger partial charge in [0.05, 0.1) is 20.1 Å². The van der Waals surface area contributed by atoms with Gasteiger partial charge in [0.2, 0.25) is 5.91 Å². The molecule has 0 saturated carbocycles. The molecule has 2 aromatic carbocycles. The molecule has 0 unspecified atom stereocenters. The molecule has 0 heterocycles. The first-order valence-electron chi connectivity index (χ1n) is 6.85. The molecule has 0 radical (unpaired) electrons. The first kappa shape index (κ1) is 14.9. The second-order valence-corrected chi connectivity index (χ2v) is 4.54. The Morgan fingerprint density at radius 2 is 1.71 bits per heavy atom. The van der Waals surface area contributed by atoms with Gasteiger partial charge in [0, 0.05) is 6.54 Å². The van der Waals surface area contributed by atoms with Crippen LogP contribution < -0.4 is 14.8 Å². The number of para-hydroxylation sites is 1. The molecule has 110 valence electrons. The van der Waals surface area contributed by atoms with Crippen molar-refractivity contribution < 1.29 is 14.3 Å². The minimum atomic E-state index is -0.0262. The van der Waals surface area contributed by atoms with Gasteiger partial charge >= 0.3 is 0 Å². The lowest BCUT2D eigenvalue weighted by atomic mass is 10.2. The van der Waals surface area contributed by atoms with Gasteiger partial charge in [-0.25, -0.2) is 0 Å². The van der Waals surface area contributed by atoms with Crippen LogP contribution in [0.5, 0.6) is 11.5 Å². The van der Waals surface area contributed by atoms with E-state index in [9.17, 15) is 4.79 Å². The van der Waals surface area contributed by atoms with Gasteiger partial charge in [-0.3, -0.25) is 4.79 Å². The number of ether oxygens (including phenoxy) is 2. The standard InChI is InChI=1S/C17H19NO3/c1-20-15-9-7-14(8-10-15)13-18-17(19)11-12-21-16-5-3-2-4-6-16/h2-10H,11-13H2,1H3,(H,18,19). The molecule has 21 heavy (non-hydrogen) atoms. The zero-order chi connectivity index (χ0) is 14.9. The third kappa shape index (κ3) is 5.18. The van der Waals surface area contributed by atoms with E-state index >= 15 is 0 Å². The van der Waals surface area contributed by atoms with E-state index in [-0.39, 0.29) is 5.91 Å².